The fraction of sp³-hybridized carbons (Fsp3) is 0.0597. The van der Waals surface area contributed by atoms with Gasteiger partial charge in [-0.2, -0.15) is 0 Å². The average molecular weight is 896 g/mol. The second kappa shape index (κ2) is 17.7. The summed E-state index contributed by atoms with van der Waals surface area (Å²) in [6.45, 7) is 2.39. The smallest absolute Gasteiger partial charge is 0.161 e. The molecule has 1 N–H and O–H groups in total. The Hall–Kier alpha value is -8.79. The molecule has 0 saturated heterocycles. The number of amidine groups is 2. The van der Waals surface area contributed by atoms with E-state index in [1.165, 1.54) is 72.0 Å². The zero-order chi connectivity index (χ0) is 47.1. The van der Waals surface area contributed by atoms with E-state index in [4.69, 9.17) is 9.98 Å². The molecular weight excluding hydrogens is 847 g/mol. The molecule has 70 heavy (non-hydrogen) atoms. The van der Waals surface area contributed by atoms with Crippen LogP contribution in [-0.4, -0.2) is 17.9 Å². The van der Waals surface area contributed by atoms with Crippen molar-refractivity contribution in [2.24, 2.45) is 15.4 Å². The van der Waals surface area contributed by atoms with Crippen LogP contribution in [0, 0.1) is 10.8 Å². The van der Waals surface area contributed by atoms with Gasteiger partial charge in [-0.05, 0) is 95.1 Å². The molecule has 9 aromatic rings. The van der Waals surface area contributed by atoms with Crippen LogP contribution in [0.4, 0.5) is 0 Å². The van der Waals surface area contributed by atoms with Gasteiger partial charge in [0.2, 0.25) is 0 Å². The fourth-order valence-electron chi connectivity index (χ4n) is 11.3. The number of allylic oxidation sites excluding steroid dienone is 8. The summed E-state index contributed by atoms with van der Waals surface area (Å²) in [4.78, 5) is 9.84. The van der Waals surface area contributed by atoms with E-state index in [1.54, 1.807) is 0 Å². The number of aliphatic imine (C=N–C) groups is 2. The Bertz CT molecular complexity index is 3670. The molecule has 0 fully saturated rings. The molecular formula is C67H49N3. The highest BCUT2D eigenvalue weighted by Gasteiger charge is 2.46. The van der Waals surface area contributed by atoms with Crippen LogP contribution in [0.15, 0.2) is 270 Å². The molecule has 9 aromatic carbocycles. The summed E-state index contributed by atoms with van der Waals surface area (Å²) in [7, 11) is 0. The normalized spacial score (nSPS) is 18.1. The summed E-state index contributed by atoms with van der Waals surface area (Å²) in [5.41, 5.74) is 17.8. The number of hydrogen-bond donors (Lipinski definition) is 1. The van der Waals surface area contributed by atoms with Gasteiger partial charge in [0.25, 0.3) is 0 Å². The molecule has 3 aliphatic rings. The first-order valence-electron chi connectivity index (χ1n) is 24.1. The van der Waals surface area contributed by atoms with Crippen molar-refractivity contribution in [3.63, 3.8) is 0 Å². The summed E-state index contributed by atoms with van der Waals surface area (Å²) in [5, 5.41) is 11.7. The van der Waals surface area contributed by atoms with Gasteiger partial charge in [0, 0.05) is 22.8 Å². The maximum atomic E-state index is 9.21. The van der Waals surface area contributed by atoms with Crippen LogP contribution in [0.3, 0.4) is 0 Å². The topological polar surface area (TPSA) is 48.6 Å². The lowest BCUT2D eigenvalue weighted by Crippen LogP contribution is -2.28. The maximum Gasteiger partial charge on any atom is 0.161 e. The molecule has 0 radical (unpaired) electrons. The van der Waals surface area contributed by atoms with E-state index in [1.807, 2.05) is 79.0 Å². The molecule has 3 aliphatic carbocycles. The van der Waals surface area contributed by atoms with Crippen molar-refractivity contribution in [3.8, 4) is 22.3 Å². The first-order valence-corrected chi connectivity index (χ1v) is 24.1. The molecule has 12 rings (SSSR count). The zero-order valence-corrected chi connectivity index (χ0v) is 38.9. The number of hydrogen-bond acceptors (Lipinski definition) is 1. The maximum absolute atomic E-state index is 9.21. The van der Waals surface area contributed by atoms with Crippen LogP contribution in [-0.2, 0) is 5.41 Å². The number of rotatable bonds is 8. The van der Waals surface area contributed by atoms with Crippen LogP contribution < -0.4 is 0 Å². The third kappa shape index (κ3) is 7.18. The van der Waals surface area contributed by atoms with Crippen LogP contribution >= 0.6 is 0 Å². The van der Waals surface area contributed by atoms with Gasteiger partial charge in [-0.1, -0.05) is 262 Å². The van der Waals surface area contributed by atoms with E-state index >= 15 is 0 Å². The molecule has 0 saturated carbocycles. The van der Waals surface area contributed by atoms with E-state index < -0.39 is 5.41 Å². The zero-order valence-electron chi connectivity index (χ0n) is 38.9. The Balaban J connectivity index is 0.933. The van der Waals surface area contributed by atoms with E-state index in [9.17, 15) is 5.41 Å². The van der Waals surface area contributed by atoms with Crippen LogP contribution in [0.25, 0.3) is 44.2 Å². The fourth-order valence-corrected chi connectivity index (χ4v) is 11.3. The van der Waals surface area contributed by atoms with Crippen LogP contribution in [0.5, 0.6) is 0 Å². The number of nitrogens with one attached hydrogen (secondary N) is 1. The number of benzene rings is 9. The highest BCUT2D eigenvalue weighted by atomic mass is 14.9. The van der Waals surface area contributed by atoms with Crippen LogP contribution in [0.2, 0.25) is 0 Å². The third-order valence-electron chi connectivity index (χ3n) is 14.6. The van der Waals surface area contributed by atoms with Gasteiger partial charge in [0.05, 0.1) is 5.41 Å². The minimum Gasteiger partial charge on any atom is -0.282 e. The van der Waals surface area contributed by atoms with Crippen molar-refractivity contribution in [1.82, 2.24) is 0 Å². The van der Waals surface area contributed by atoms with Crippen molar-refractivity contribution < 1.29 is 0 Å². The quantitative estimate of drug-likeness (QED) is 0.117. The second-order valence-corrected chi connectivity index (χ2v) is 18.6. The molecule has 3 heteroatoms. The summed E-state index contributed by atoms with van der Waals surface area (Å²) >= 11 is 0. The SMILES string of the molecule is CC12CC=CC=C1C=CC(c1ccc(C3(c4ccccc4)c4ccccc4-c4c3ccc3ccccc43)cc1)=C2c1ccc(C=NC(=NC(=N)c2ccccc2-c2ccccc2)c2ccccc2)cc1. The van der Waals surface area contributed by atoms with Gasteiger partial charge in [-0.15, -0.1) is 0 Å². The minimum atomic E-state index is -0.499. The lowest BCUT2D eigenvalue weighted by molar-refractivity contribution is 0.549. The lowest BCUT2D eigenvalue weighted by Gasteiger charge is -2.39. The Labute approximate surface area is 410 Å². The first-order chi connectivity index (χ1) is 34.5. The molecule has 3 nitrogen and oxygen atoms in total. The van der Waals surface area contributed by atoms with Gasteiger partial charge in [0.1, 0.15) is 0 Å². The van der Waals surface area contributed by atoms with Crippen molar-refractivity contribution in [2.75, 3.05) is 0 Å². The van der Waals surface area contributed by atoms with E-state index in [0.29, 0.717) is 5.84 Å². The molecule has 332 valence electrons. The summed E-state index contributed by atoms with van der Waals surface area (Å²) < 4.78 is 0. The average Bonchev–Trinajstić information content (AvgIpc) is 3.74. The van der Waals surface area contributed by atoms with E-state index in [0.717, 1.165) is 34.2 Å². The number of nitrogens with zero attached hydrogens (tertiary/aromatic N) is 2. The summed E-state index contributed by atoms with van der Waals surface area (Å²) in [6, 6.07) is 79.8. The highest BCUT2D eigenvalue weighted by molar-refractivity contribution is 6.15. The Morgan fingerprint density at radius 2 is 1.19 bits per heavy atom. The van der Waals surface area contributed by atoms with Crippen LogP contribution in [0.1, 0.15) is 63.4 Å². The third-order valence-corrected chi connectivity index (χ3v) is 14.6. The molecule has 2 unspecified atom stereocenters. The van der Waals surface area contributed by atoms with E-state index in [2.05, 4.69) is 189 Å². The number of fused-ring (bicyclic) bond motifs is 6. The Morgan fingerprint density at radius 1 is 0.543 bits per heavy atom. The van der Waals surface area contributed by atoms with Crippen molar-refractivity contribution in [2.45, 2.75) is 18.8 Å². The summed E-state index contributed by atoms with van der Waals surface area (Å²) in [6.07, 6.45) is 14.2. The van der Waals surface area contributed by atoms with Gasteiger partial charge in [0.15, 0.2) is 11.7 Å². The van der Waals surface area contributed by atoms with Gasteiger partial charge in [-0.25, -0.2) is 9.98 Å². The van der Waals surface area contributed by atoms with E-state index in [-0.39, 0.29) is 11.3 Å². The molecule has 0 heterocycles. The predicted octanol–water partition coefficient (Wildman–Crippen LogP) is 16.1. The monoisotopic (exact) mass is 895 g/mol. The molecule has 0 aromatic heterocycles. The first kappa shape index (κ1) is 42.6. The summed E-state index contributed by atoms with van der Waals surface area (Å²) in [5.74, 6) is 0.635. The molecule has 0 amide bonds. The molecule has 0 bridgehead atoms. The van der Waals surface area contributed by atoms with Crippen molar-refractivity contribution >= 4 is 39.8 Å². The second-order valence-electron chi connectivity index (χ2n) is 18.6. The minimum absolute atomic E-state index is 0.157. The highest BCUT2D eigenvalue weighted by Crippen LogP contribution is 2.58. The van der Waals surface area contributed by atoms with Gasteiger partial charge < -0.3 is 0 Å². The standard InChI is InChI=1S/C67H49N3/c1-66-44-18-17-24-52(66)41-42-57(49-36-39-54(40-37-49)67(53-25-9-4-10-26-53)60-31-16-15-30-59(60)62-56-28-12-11-21-48(56)38-43-61(62)67)63(66)50-34-32-46(33-35-50)45-69-65(51-22-7-3-8-23-51)70-64(68)58-29-14-13-27-55(58)47-19-5-2-6-20-47/h2-43,45,68H,44H2,1H3. The van der Waals surface area contributed by atoms with Crippen molar-refractivity contribution in [3.05, 3.63) is 310 Å². The van der Waals surface area contributed by atoms with Crippen molar-refractivity contribution in [1.29, 1.82) is 5.41 Å². The lowest BCUT2D eigenvalue weighted by atomic mass is 9.64. The molecule has 0 spiro atoms. The molecule has 0 aliphatic heterocycles. The predicted molar refractivity (Wildman–Crippen MR) is 293 cm³/mol. The molecule has 2 atom stereocenters. The largest absolute Gasteiger partial charge is 0.282 e. The Morgan fingerprint density at radius 3 is 1.97 bits per heavy atom. The van der Waals surface area contributed by atoms with Gasteiger partial charge in [-0.3, -0.25) is 5.41 Å². The van der Waals surface area contributed by atoms with Gasteiger partial charge >= 0.3 is 0 Å². The Kier molecular flexibility index (Phi) is 10.8.